The van der Waals surface area contributed by atoms with Gasteiger partial charge in [0.25, 0.3) is 0 Å². The maximum Gasteiger partial charge on any atom is 0.240 e. The van der Waals surface area contributed by atoms with Crippen LogP contribution < -0.4 is 4.72 Å². The molecule has 0 bridgehead atoms. The lowest BCUT2D eigenvalue weighted by Crippen LogP contribution is -2.28. The highest BCUT2D eigenvalue weighted by Gasteiger charge is 2.18. The third-order valence-corrected chi connectivity index (χ3v) is 6.40. The standard InChI is InChI=1S/C18H15ClFNO3S2/c19-15-10-14(7-8-16(15)20)26(23,24)21-11-17(22)12-3-5-13(6-4-12)18-2-1-9-25-18/h1-10,17,21-22H,11H2. The fourth-order valence-corrected chi connectivity index (χ4v) is 4.39. The van der Waals surface area contributed by atoms with Crippen molar-refractivity contribution in [2.45, 2.75) is 11.0 Å². The average molecular weight is 412 g/mol. The van der Waals surface area contributed by atoms with E-state index >= 15 is 0 Å². The summed E-state index contributed by atoms with van der Waals surface area (Å²) in [5.74, 6) is -0.698. The number of nitrogens with one attached hydrogen (secondary N) is 1. The molecule has 0 amide bonds. The van der Waals surface area contributed by atoms with Gasteiger partial charge < -0.3 is 5.11 Å². The molecule has 0 saturated carbocycles. The lowest BCUT2D eigenvalue weighted by molar-refractivity contribution is 0.182. The molecule has 2 N–H and O–H groups in total. The number of thiophene rings is 1. The Bertz CT molecular complexity index is 990. The van der Waals surface area contributed by atoms with Gasteiger partial charge in [0, 0.05) is 11.4 Å². The summed E-state index contributed by atoms with van der Waals surface area (Å²) < 4.78 is 40.0. The van der Waals surface area contributed by atoms with E-state index in [2.05, 4.69) is 4.72 Å². The Labute approximate surface area is 159 Å². The van der Waals surface area contributed by atoms with E-state index < -0.39 is 21.9 Å². The zero-order chi connectivity index (χ0) is 18.7. The second-order valence-corrected chi connectivity index (χ2v) is 8.66. The van der Waals surface area contributed by atoms with Crippen LogP contribution in [0.3, 0.4) is 0 Å². The van der Waals surface area contributed by atoms with Gasteiger partial charge >= 0.3 is 0 Å². The van der Waals surface area contributed by atoms with E-state index in [9.17, 15) is 17.9 Å². The van der Waals surface area contributed by atoms with Crippen LogP contribution in [0.5, 0.6) is 0 Å². The lowest BCUT2D eigenvalue weighted by atomic mass is 10.1. The molecule has 3 aromatic rings. The van der Waals surface area contributed by atoms with Crippen molar-refractivity contribution in [1.82, 2.24) is 4.72 Å². The Morgan fingerprint density at radius 3 is 2.50 bits per heavy atom. The third kappa shape index (κ3) is 4.31. The molecule has 4 nitrogen and oxygen atoms in total. The van der Waals surface area contributed by atoms with Crippen molar-refractivity contribution in [3.8, 4) is 10.4 Å². The van der Waals surface area contributed by atoms with Gasteiger partial charge in [0.05, 0.1) is 16.0 Å². The fraction of sp³-hybridized carbons (Fsp3) is 0.111. The first-order valence-corrected chi connectivity index (χ1v) is 10.4. The first-order valence-electron chi connectivity index (χ1n) is 7.63. The van der Waals surface area contributed by atoms with Crippen LogP contribution in [0, 0.1) is 5.82 Å². The van der Waals surface area contributed by atoms with Gasteiger partial charge in [0.2, 0.25) is 10.0 Å². The Kier molecular flexibility index (Phi) is 5.74. The Hall–Kier alpha value is -1.77. The number of benzene rings is 2. The third-order valence-electron chi connectivity index (χ3n) is 3.77. The van der Waals surface area contributed by atoms with Crippen LogP contribution >= 0.6 is 22.9 Å². The molecule has 0 spiro atoms. The summed E-state index contributed by atoms with van der Waals surface area (Å²) in [4.78, 5) is 0.948. The molecule has 136 valence electrons. The number of rotatable bonds is 6. The summed E-state index contributed by atoms with van der Waals surface area (Å²) in [6.07, 6.45) is -1.02. The fourth-order valence-electron chi connectivity index (χ4n) is 2.35. The van der Waals surface area contributed by atoms with Crippen LogP contribution in [-0.4, -0.2) is 20.1 Å². The molecule has 3 rings (SSSR count). The normalized spacial score (nSPS) is 12.9. The Morgan fingerprint density at radius 2 is 1.88 bits per heavy atom. The molecule has 26 heavy (non-hydrogen) atoms. The van der Waals surface area contributed by atoms with Crippen LogP contribution in [0.1, 0.15) is 11.7 Å². The van der Waals surface area contributed by atoms with Crippen LogP contribution in [-0.2, 0) is 10.0 Å². The van der Waals surface area contributed by atoms with Gasteiger partial charge in [0.1, 0.15) is 5.82 Å². The van der Waals surface area contributed by atoms with E-state index in [0.29, 0.717) is 5.56 Å². The molecule has 0 fully saturated rings. The van der Waals surface area contributed by atoms with E-state index in [1.165, 1.54) is 0 Å². The summed E-state index contributed by atoms with van der Waals surface area (Å²) in [6.45, 7) is -0.213. The first-order chi connectivity index (χ1) is 12.4. The summed E-state index contributed by atoms with van der Waals surface area (Å²) in [7, 11) is -3.91. The second-order valence-electron chi connectivity index (χ2n) is 5.54. The highest BCUT2D eigenvalue weighted by Crippen LogP contribution is 2.26. The minimum atomic E-state index is -3.91. The number of aliphatic hydroxyl groups excluding tert-OH is 1. The van der Waals surface area contributed by atoms with Crippen LogP contribution in [0.2, 0.25) is 5.02 Å². The molecule has 0 radical (unpaired) electrons. The second kappa shape index (κ2) is 7.85. The molecule has 1 unspecified atom stereocenters. The van der Waals surface area contributed by atoms with E-state index in [-0.39, 0.29) is 16.5 Å². The molecule has 0 aliphatic carbocycles. The summed E-state index contributed by atoms with van der Waals surface area (Å²) in [5, 5.41) is 11.9. The smallest absolute Gasteiger partial charge is 0.240 e. The number of aliphatic hydroxyl groups is 1. The number of halogens is 2. The lowest BCUT2D eigenvalue weighted by Gasteiger charge is -2.13. The highest BCUT2D eigenvalue weighted by atomic mass is 35.5. The molecule has 0 saturated heterocycles. The molecule has 0 aliphatic rings. The van der Waals surface area contributed by atoms with E-state index in [4.69, 9.17) is 11.6 Å². The summed E-state index contributed by atoms with van der Waals surface area (Å²) >= 11 is 7.23. The highest BCUT2D eigenvalue weighted by molar-refractivity contribution is 7.89. The zero-order valence-electron chi connectivity index (χ0n) is 13.4. The SMILES string of the molecule is O=S(=O)(NCC(O)c1ccc(-c2cccs2)cc1)c1ccc(F)c(Cl)c1. The van der Waals surface area contributed by atoms with Gasteiger partial charge in [-0.05, 0) is 40.8 Å². The number of hydrogen-bond acceptors (Lipinski definition) is 4. The minimum absolute atomic E-state index is 0.163. The van der Waals surface area contributed by atoms with Crippen molar-refractivity contribution in [1.29, 1.82) is 0 Å². The Morgan fingerprint density at radius 1 is 1.15 bits per heavy atom. The predicted octanol–water partition coefficient (Wildman–Crippen LogP) is 4.22. The van der Waals surface area contributed by atoms with Gasteiger partial charge in [-0.2, -0.15) is 0 Å². The monoisotopic (exact) mass is 411 g/mol. The average Bonchev–Trinajstić information content (AvgIpc) is 3.17. The molecule has 8 heteroatoms. The number of hydrogen-bond donors (Lipinski definition) is 2. The van der Waals surface area contributed by atoms with Crippen molar-refractivity contribution >= 4 is 33.0 Å². The van der Waals surface area contributed by atoms with Crippen LogP contribution in [0.25, 0.3) is 10.4 Å². The largest absolute Gasteiger partial charge is 0.387 e. The van der Waals surface area contributed by atoms with Crippen molar-refractivity contribution < 1.29 is 17.9 Å². The van der Waals surface area contributed by atoms with Crippen molar-refractivity contribution in [2.75, 3.05) is 6.54 Å². The minimum Gasteiger partial charge on any atom is -0.387 e. The van der Waals surface area contributed by atoms with Crippen molar-refractivity contribution in [3.63, 3.8) is 0 Å². The topological polar surface area (TPSA) is 66.4 Å². The van der Waals surface area contributed by atoms with Gasteiger partial charge in [-0.1, -0.05) is 41.9 Å². The molecule has 1 atom stereocenters. The van der Waals surface area contributed by atoms with Crippen molar-refractivity contribution in [2.24, 2.45) is 0 Å². The zero-order valence-corrected chi connectivity index (χ0v) is 15.8. The summed E-state index contributed by atoms with van der Waals surface area (Å²) in [5.41, 5.74) is 1.61. The maximum absolute atomic E-state index is 13.2. The first kappa shape index (κ1) is 19.0. The molecular weight excluding hydrogens is 397 g/mol. The van der Waals surface area contributed by atoms with Gasteiger partial charge in [-0.25, -0.2) is 17.5 Å². The van der Waals surface area contributed by atoms with Gasteiger partial charge in [0.15, 0.2) is 0 Å². The summed E-state index contributed by atoms with van der Waals surface area (Å²) in [6, 6.07) is 14.3. The van der Waals surface area contributed by atoms with E-state index in [1.54, 1.807) is 23.5 Å². The molecule has 0 aliphatic heterocycles. The number of sulfonamides is 1. The van der Waals surface area contributed by atoms with E-state index in [1.807, 2.05) is 29.6 Å². The maximum atomic E-state index is 13.2. The Balaban J connectivity index is 1.67. The van der Waals surface area contributed by atoms with Crippen LogP contribution in [0.15, 0.2) is 64.9 Å². The molecular formula is C18H15ClFNO3S2. The quantitative estimate of drug-likeness (QED) is 0.638. The molecule has 1 aromatic heterocycles. The van der Waals surface area contributed by atoms with Crippen molar-refractivity contribution in [3.05, 3.63) is 76.4 Å². The van der Waals surface area contributed by atoms with Gasteiger partial charge in [-0.3, -0.25) is 0 Å². The predicted molar refractivity (Wildman–Crippen MR) is 101 cm³/mol. The van der Waals surface area contributed by atoms with Gasteiger partial charge in [-0.15, -0.1) is 11.3 Å². The van der Waals surface area contributed by atoms with Crippen LogP contribution in [0.4, 0.5) is 4.39 Å². The van der Waals surface area contributed by atoms with E-state index in [0.717, 1.165) is 28.6 Å². The molecule has 1 heterocycles. The molecule has 2 aromatic carbocycles.